The molecule has 174 valence electrons. The van der Waals surface area contributed by atoms with Crippen molar-refractivity contribution >= 4 is 11.7 Å². The van der Waals surface area contributed by atoms with E-state index in [4.69, 9.17) is 4.74 Å². The first-order valence-corrected chi connectivity index (χ1v) is 12.0. The molecule has 0 aromatic carbocycles. The van der Waals surface area contributed by atoms with Gasteiger partial charge in [-0.3, -0.25) is 19.4 Å². The van der Waals surface area contributed by atoms with Gasteiger partial charge in [0.2, 0.25) is 5.88 Å². The number of ether oxygens (including phenoxy) is 1. The summed E-state index contributed by atoms with van der Waals surface area (Å²) in [6.45, 7) is 2.34. The summed E-state index contributed by atoms with van der Waals surface area (Å²) in [4.78, 5) is 19.4. The van der Waals surface area contributed by atoms with Gasteiger partial charge in [0.05, 0.1) is 23.5 Å². The Morgan fingerprint density at radius 2 is 1.85 bits per heavy atom. The van der Waals surface area contributed by atoms with Gasteiger partial charge in [0, 0.05) is 60.6 Å². The van der Waals surface area contributed by atoms with E-state index in [1.807, 2.05) is 38.4 Å². The summed E-state index contributed by atoms with van der Waals surface area (Å²) in [5, 5.41) is 16.9. The molecule has 1 saturated heterocycles. The number of piperidine rings is 1. The summed E-state index contributed by atoms with van der Waals surface area (Å²) in [6.07, 6.45) is 11.0. The number of anilines is 1. The van der Waals surface area contributed by atoms with Crippen LogP contribution in [-0.2, 0) is 13.6 Å². The van der Waals surface area contributed by atoms with Crippen LogP contribution in [0.4, 0.5) is 5.82 Å². The second-order valence-electron chi connectivity index (χ2n) is 10.5. The van der Waals surface area contributed by atoms with Gasteiger partial charge in [-0.05, 0) is 44.7 Å². The molecule has 1 N–H and O–H groups in total. The van der Waals surface area contributed by atoms with Gasteiger partial charge in [0.25, 0.3) is 5.91 Å². The van der Waals surface area contributed by atoms with Gasteiger partial charge < -0.3 is 10.1 Å². The maximum Gasteiger partial charge on any atom is 0.261 e. The van der Waals surface area contributed by atoms with Crippen LogP contribution in [0.2, 0.25) is 0 Å². The van der Waals surface area contributed by atoms with Crippen molar-refractivity contribution in [3.8, 4) is 17.0 Å². The van der Waals surface area contributed by atoms with E-state index in [2.05, 4.69) is 25.6 Å². The van der Waals surface area contributed by atoms with Crippen LogP contribution in [0.25, 0.3) is 11.1 Å². The molecule has 2 spiro atoms. The number of aromatic nitrogens is 5. The van der Waals surface area contributed by atoms with Gasteiger partial charge in [0.1, 0.15) is 6.10 Å². The lowest BCUT2D eigenvalue weighted by Crippen LogP contribution is -2.52. The minimum atomic E-state index is -0.112. The molecule has 34 heavy (non-hydrogen) atoms. The van der Waals surface area contributed by atoms with Crippen molar-refractivity contribution in [1.82, 2.24) is 30.3 Å². The van der Waals surface area contributed by atoms with Crippen molar-refractivity contribution in [1.29, 1.82) is 0 Å². The first-order valence-electron chi connectivity index (χ1n) is 12.0. The highest BCUT2D eigenvalue weighted by atomic mass is 16.5. The summed E-state index contributed by atoms with van der Waals surface area (Å²) >= 11 is 0. The van der Waals surface area contributed by atoms with Crippen LogP contribution in [0.5, 0.6) is 5.88 Å². The number of carbonyl (C=O) groups is 1. The van der Waals surface area contributed by atoms with Crippen molar-refractivity contribution in [2.45, 2.75) is 69.2 Å². The van der Waals surface area contributed by atoms with Crippen molar-refractivity contribution in [2.75, 3.05) is 4.90 Å². The maximum absolute atomic E-state index is 13.2. The predicted molar refractivity (Wildman–Crippen MR) is 124 cm³/mol. The SMILES string of the molecule is Cc1nn(C)cc1-c1cnc2c(c1)C(=O)N(c1ccc(OC3CC4(CC4)NC4(CC4)C3)nn1)C2. The Hall–Kier alpha value is -3.33. The van der Waals surface area contributed by atoms with Crippen LogP contribution in [0, 0.1) is 6.92 Å². The van der Waals surface area contributed by atoms with Crippen molar-refractivity contribution in [3.63, 3.8) is 0 Å². The van der Waals surface area contributed by atoms with E-state index >= 15 is 0 Å². The zero-order valence-corrected chi connectivity index (χ0v) is 19.4. The van der Waals surface area contributed by atoms with Crippen molar-refractivity contribution in [3.05, 3.63) is 47.5 Å². The van der Waals surface area contributed by atoms with E-state index in [1.165, 1.54) is 25.7 Å². The van der Waals surface area contributed by atoms with E-state index in [1.54, 1.807) is 15.8 Å². The monoisotopic (exact) mass is 457 g/mol. The van der Waals surface area contributed by atoms with Crippen LogP contribution in [0.15, 0.2) is 30.6 Å². The largest absolute Gasteiger partial charge is 0.473 e. The number of fused-ring (bicyclic) bond motifs is 1. The lowest BCUT2D eigenvalue weighted by molar-refractivity contribution is 0.0947. The molecule has 9 heteroatoms. The van der Waals surface area contributed by atoms with Crippen LogP contribution in [-0.4, -0.2) is 48.1 Å². The smallest absolute Gasteiger partial charge is 0.261 e. The number of pyridine rings is 1. The highest BCUT2D eigenvalue weighted by Gasteiger charge is 2.59. The Morgan fingerprint density at radius 1 is 1.09 bits per heavy atom. The molecule has 5 heterocycles. The molecule has 2 aliphatic heterocycles. The summed E-state index contributed by atoms with van der Waals surface area (Å²) in [7, 11) is 1.88. The third kappa shape index (κ3) is 3.29. The van der Waals surface area contributed by atoms with Crippen LogP contribution in [0.3, 0.4) is 0 Å². The summed E-state index contributed by atoms with van der Waals surface area (Å²) in [5.41, 5.74) is 4.70. The standard InChI is InChI=1S/C25H27N7O2/c1-15-19(13-31(2)29-15)16-9-18-20(26-12-16)14-32(23(18)33)21-3-4-22(28-27-21)34-17-10-24(5-6-24)30-25(11-17)7-8-25/h3-4,9,12-13,17,30H,5-8,10-11,14H2,1-2H3. The van der Waals surface area contributed by atoms with Gasteiger partial charge >= 0.3 is 0 Å². The van der Waals surface area contributed by atoms with Gasteiger partial charge in [-0.25, -0.2) is 0 Å². The Balaban J connectivity index is 1.08. The number of nitrogens with one attached hydrogen (secondary N) is 1. The molecular formula is C25H27N7O2. The number of amides is 1. The quantitative estimate of drug-likeness (QED) is 0.643. The zero-order chi connectivity index (χ0) is 23.1. The molecule has 3 fully saturated rings. The number of rotatable bonds is 4. The van der Waals surface area contributed by atoms with E-state index in [9.17, 15) is 4.79 Å². The molecule has 9 nitrogen and oxygen atoms in total. The molecule has 2 saturated carbocycles. The Morgan fingerprint density at radius 3 is 2.47 bits per heavy atom. The number of hydrogen-bond acceptors (Lipinski definition) is 7. The Kier molecular flexibility index (Phi) is 4.04. The minimum absolute atomic E-state index is 0.112. The fourth-order valence-electron chi connectivity index (χ4n) is 5.73. The zero-order valence-electron chi connectivity index (χ0n) is 19.4. The van der Waals surface area contributed by atoms with Gasteiger partial charge in [-0.15, -0.1) is 10.2 Å². The summed E-state index contributed by atoms with van der Waals surface area (Å²) in [5.74, 6) is 0.925. The molecule has 0 bridgehead atoms. The van der Waals surface area contributed by atoms with E-state index in [-0.39, 0.29) is 12.0 Å². The first-order chi connectivity index (χ1) is 16.4. The summed E-state index contributed by atoms with van der Waals surface area (Å²) < 4.78 is 8.02. The molecule has 3 aromatic heterocycles. The van der Waals surface area contributed by atoms with Crippen molar-refractivity contribution < 1.29 is 9.53 Å². The molecule has 0 radical (unpaired) electrons. The topological polar surface area (TPSA) is 98.1 Å². The number of nitrogens with zero attached hydrogens (tertiary/aromatic N) is 6. The first kappa shape index (κ1) is 20.1. The van der Waals surface area contributed by atoms with Crippen LogP contribution in [0.1, 0.15) is 60.3 Å². The lowest BCUT2D eigenvalue weighted by Gasteiger charge is -2.37. The third-order valence-electron chi connectivity index (χ3n) is 7.74. The number of carbonyl (C=O) groups excluding carboxylic acids is 1. The fraction of sp³-hybridized carbons (Fsp3) is 0.480. The molecule has 0 unspecified atom stereocenters. The highest BCUT2D eigenvalue weighted by molar-refractivity contribution is 6.09. The number of hydrogen-bond donors (Lipinski definition) is 1. The average molecular weight is 458 g/mol. The molecule has 7 rings (SSSR count). The summed E-state index contributed by atoms with van der Waals surface area (Å²) in [6, 6.07) is 5.55. The van der Waals surface area contributed by atoms with Gasteiger partial charge in [0.15, 0.2) is 5.82 Å². The van der Waals surface area contributed by atoms with E-state index < -0.39 is 0 Å². The maximum atomic E-state index is 13.2. The fourth-order valence-corrected chi connectivity index (χ4v) is 5.73. The molecule has 1 amide bonds. The third-order valence-corrected chi connectivity index (χ3v) is 7.74. The lowest BCUT2D eigenvalue weighted by atomic mass is 9.92. The van der Waals surface area contributed by atoms with E-state index in [0.717, 1.165) is 35.4 Å². The van der Waals surface area contributed by atoms with Gasteiger partial charge in [-0.1, -0.05) is 0 Å². The Labute approximate surface area is 197 Å². The normalized spacial score (nSPS) is 23.4. The number of aryl methyl sites for hydroxylation is 2. The van der Waals surface area contributed by atoms with Gasteiger partial charge in [-0.2, -0.15) is 5.10 Å². The average Bonchev–Trinajstić information content (AvgIpc) is 3.68. The highest BCUT2D eigenvalue weighted by Crippen LogP contribution is 2.53. The van der Waals surface area contributed by atoms with Crippen LogP contribution < -0.4 is 15.0 Å². The predicted octanol–water partition coefficient (Wildman–Crippen LogP) is 2.94. The minimum Gasteiger partial charge on any atom is -0.473 e. The molecule has 2 aliphatic carbocycles. The molecule has 0 atom stereocenters. The second kappa shape index (κ2) is 6.85. The Bertz CT molecular complexity index is 1290. The molecule has 3 aromatic rings. The molecular weight excluding hydrogens is 430 g/mol. The van der Waals surface area contributed by atoms with E-state index in [0.29, 0.717) is 34.9 Å². The van der Waals surface area contributed by atoms with Crippen molar-refractivity contribution in [2.24, 2.45) is 7.05 Å². The second-order valence-corrected chi connectivity index (χ2v) is 10.5. The molecule has 4 aliphatic rings. The van der Waals surface area contributed by atoms with Crippen LogP contribution >= 0.6 is 0 Å².